The highest BCUT2D eigenvalue weighted by molar-refractivity contribution is 5.83. The number of ether oxygens (including phenoxy) is 6. The molecule has 3 aliphatic heterocycles. The van der Waals surface area contributed by atoms with Crippen LogP contribution in [-0.2, 0) is 38.0 Å². The number of aliphatic hydroxyl groups excluding tert-OH is 3. The maximum absolute atomic E-state index is 14.0. The molecule has 0 aromatic heterocycles. The first-order valence-corrected chi connectivity index (χ1v) is 18.5. The van der Waals surface area contributed by atoms with Gasteiger partial charge in [-0.1, -0.05) is 27.7 Å². The molecule has 0 bridgehead atoms. The Labute approximate surface area is 303 Å². The largest absolute Gasteiger partial charge is 0.462 e. The lowest BCUT2D eigenvalue weighted by molar-refractivity contribution is -0.317. The Balaban J connectivity index is 2.17. The zero-order valence-corrected chi connectivity index (χ0v) is 32.7. The van der Waals surface area contributed by atoms with Crippen LogP contribution in [-0.4, -0.2) is 144 Å². The first-order valence-electron chi connectivity index (χ1n) is 18.5. The van der Waals surface area contributed by atoms with Gasteiger partial charge in [-0.3, -0.25) is 14.0 Å². The minimum Gasteiger partial charge on any atom is -0.462 e. The van der Waals surface area contributed by atoms with Gasteiger partial charge in [0, 0.05) is 49.7 Å². The van der Waals surface area contributed by atoms with Gasteiger partial charge >= 0.3 is 5.97 Å². The molecule has 1 unspecified atom stereocenters. The zero-order chi connectivity index (χ0) is 38.7. The maximum atomic E-state index is 14.0. The highest BCUT2D eigenvalue weighted by Crippen LogP contribution is 2.40. The molecule has 0 saturated carbocycles. The number of esters is 1. The van der Waals surface area contributed by atoms with Crippen molar-refractivity contribution in [1.29, 1.82) is 0 Å². The summed E-state index contributed by atoms with van der Waals surface area (Å²) in [6.45, 7) is 14.2. The minimum atomic E-state index is -1.77. The first kappa shape index (κ1) is 44.1. The van der Waals surface area contributed by atoms with Crippen molar-refractivity contribution < 1.29 is 62.8 Å². The van der Waals surface area contributed by atoms with Crippen molar-refractivity contribution in [3.8, 4) is 0 Å². The molecule has 14 heteroatoms. The van der Waals surface area contributed by atoms with E-state index in [-0.39, 0.29) is 37.2 Å². The summed E-state index contributed by atoms with van der Waals surface area (Å²) in [4.78, 5) is 29.7. The first-order chi connectivity index (χ1) is 23.6. The number of hydrogen-bond acceptors (Lipinski definition) is 13. The van der Waals surface area contributed by atoms with Gasteiger partial charge in [0.05, 0.1) is 54.3 Å². The van der Waals surface area contributed by atoms with E-state index in [9.17, 15) is 34.4 Å². The van der Waals surface area contributed by atoms with Gasteiger partial charge in [-0.25, -0.2) is 0 Å². The highest BCUT2D eigenvalue weighted by Gasteiger charge is 2.52. The fraction of sp³-hybridized carbons (Fsp3) is 0.946. The van der Waals surface area contributed by atoms with Crippen molar-refractivity contribution >= 4 is 11.8 Å². The molecule has 3 fully saturated rings. The molecular formula is C37H66FNO12. The second-order valence-corrected chi connectivity index (χ2v) is 16.3. The lowest BCUT2D eigenvalue weighted by atomic mass is 9.74. The van der Waals surface area contributed by atoms with Gasteiger partial charge in [-0.2, -0.15) is 0 Å². The SMILES string of the molecule is CO[C@]1(C)C[C@H](OC2[C@@H](C)C(=O)O[C@H](CCF)[C@H](C)[C@H](O)[C@@H](C)C(=O)[C@H](C)C[C@@](C)(O)[C@H](O[C@@H]3O[C@H](C)C[C@H](N(C)C)[C@H]3O)[C@H]2C)O[C@@H](C)[C@@H]1O. The fourth-order valence-electron chi connectivity index (χ4n) is 8.33. The Morgan fingerprint density at radius 3 is 2.10 bits per heavy atom. The number of hydrogen-bond donors (Lipinski definition) is 4. The highest BCUT2D eigenvalue weighted by atomic mass is 19.1. The quantitative estimate of drug-likeness (QED) is 0.268. The summed E-state index contributed by atoms with van der Waals surface area (Å²) in [5.41, 5.74) is -2.83. The molecule has 3 aliphatic rings. The Hall–Kier alpha value is -1.33. The minimum absolute atomic E-state index is 0.0888. The zero-order valence-electron chi connectivity index (χ0n) is 32.7. The number of likely N-dealkylation sites (N-methyl/N-ethyl adjacent to an activating group) is 1. The number of carbonyl (C=O) groups excluding carboxylic acids is 2. The van der Waals surface area contributed by atoms with E-state index < -0.39 is 109 Å². The molecule has 4 N–H and O–H groups in total. The van der Waals surface area contributed by atoms with E-state index in [1.165, 1.54) is 14.0 Å². The van der Waals surface area contributed by atoms with E-state index >= 15 is 0 Å². The summed E-state index contributed by atoms with van der Waals surface area (Å²) in [6.07, 6.45) is -9.57. The van der Waals surface area contributed by atoms with Crippen molar-refractivity contribution in [3.05, 3.63) is 0 Å². The van der Waals surface area contributed by atoms with Crippen molar-refractivity contribution in [2.75, 3.05) is 27.9 Å². The van der Waals surface area contributed by atoms with Gasteiger partial charge in [-0.05, 0) is 61.6 Å². The van der Waals surface area contributed by atoms with Crippen LogP contribution in [0.4, 0.5) is 4.39 Å². The summed E-state index contributed by atoms with van der Waals surface area (Å²) in [5, 5.41) is 46.0. The molecule has 0 spiro atoms. The number of halogens is 1. The van der Waals surface area contributed by atoms with Crippen LogP contribution >= 0.6 is 0 Å². The van der Waals surface area contributed by atoms with E-state index in [0.717, 1.165) is 0 Å². The molecule has 0 aliphatic carbocycles. The van der Waals surface area contributed by atoms with E-state index in [4.69, 9.17) is 28.4 Å². The number of rotatable bonds is 8. The van der Waals surface area contributed by atoms with Crippen LogP contribution in [0.1, 0.15) is 88.0 Å². The molecule has 0 radical (unpaired) electrons. The molecule has 51 heavy (non-hydrogen) atoms. The van der Waals surface area contributed by atoms with Gasteiger partial charge in [-0.15, -0.1) is 0 Å². The van der Waals surface area contributed by atoms with Gasteiger partial charge in [0.25, 0.3) is 0 Å². The summed E-state index contributed by atoms with van der Waals surface area (Å²) < 4.78 is 50.9. The van der Waals surface area contributed by atoms with Crippen LogP contribution in [0.15, 0.2) is 0 Å². The topological polar surface area (TPSA) is 174 Å². The second kappa shape index (κ2) is 17.9. The van der Waals surface area contributed by atoms with Gasteiger partial charge < -0.3 is 53.7 Å². The number of Topliss-reactive ketones (excluding diaryl/α,β-unsaturated/α-hetero) is 1. The molecule has 0 aromatic rings. The van der Waals surface area contributed by atoms with E-state index in [1.807, 2.05) is 25.9 Å². The molecule has 0 aromatic carbocycles. The van der Waals surface area contributed by atoms with Gasteiger partial charge in [0.1, 0.15) is 24.1 Å². The molecule has 18 atom stereocenters. The van der Waals surface area contributed by atoms with Crippen molar-refractivity contribution in [2.24, 2.45) is 29.6 Å². The molecule has 3 heterocycles. The predicted molar refractivity (Wildman–Crippen MR) is 185 cm³/mol. The molecule has 3 saturated heterocycles. The van der Waals surface area contributed by atoms with Gasteiger partial charge in [0.15, 0.2) is 12.6 Å². The average molecular weight is 736 g/mol. The number of methoxy groups -OCH3 is 1. The summed E-state index contributed by atoms with van der Waals surface area (Å²) in [7, 11) is 5.16. The van der Waals surface area contributed by atoms with Crippen LogP contribution in [0, 0.1) is 29.6 Å². The van der Waals surface area contributed by atoms with Crippen molar-refractivity contribution in [2.45, 2.75) is 167 Å². The Morgan fingerprint density at radius 2 is 1.53 bits per heavy atom. The smallest absolute Gasteiger partial charge is 0.311 e. The molecule has 298 valence electrons. The standard InChI is InChI=1S/C37H66FNO12/c1-18-16-36(8,45)33(51-35-30(42)25(39(10)11)15-19(2)47-35)22(5)31(50-27-17-37(9,46-12)32(43)24(7)48-27)23(6)34(44)49-26(13-14-38)20(3)29(41)21(4)28(18)40/h18-27,29-33,35,41-43,45H,13-17H2,1-12H3/t18-,19-,20+,21+,22+,23-,24+,25+,26-,27+,29+,30-,31?,32+,33-,35+,36-,37-/m1/s1. The lowest BCUT2D eigenvalue weighted by Crippen LogP contribution is -2.60. The third kappa shape index (κ3) is 10.1. The average Bonchev–Trinajstić information content (AvgIpc) is 3.06. The number of nitrogens with zero attached hydrogens (tertiary/aromatic N) is 1. The third-order valence-corrected chi connectivity index (χ3v) is 11.8. The molecule has 3 rings (SSSR count). The van der Waals surface area contributed by atoms with Crippen molar-refractivity contribution in [3.63, 3.8) is 0 Å². The van der Waals surface area contributed by atoms with Crippen LogP contribution in [0.3, 0.4) is 0 Å². The summed E-state index contributed by atoms with van der Waals surface area (Å²) in [5.74, 6) is -5.46. The Bertz CT molecular complexity index is 1140. The number of cyclic esters (lactones) is 1. The molecular weight excluding hydrogens is 669 g/mol. The Morgan fingerprint density at radius 1 is 0.902 bits per heavy atom. The number of ketones is 1. The van der Waals surface area contributed by atoms with Crippen molar-refractivity contribution in [1.82, 2.24) is 4.90 Å². The number of aliphatic hydroxyl groups is 4. The Kier molecular flexibility index (Phi) is 15.4. The monoisotopic (exact) mass is 735 g/mol. The summed E-state index contributed by atoms with van der Waals surface area (Å²) in [6, 6.07) is -0.328. The van der Waals surface area contributed by atoms with E-state index in [2.05, 4.69) is 0 Å². The number of carbonyl (C=O) groups is 2. The van der Waals surface area contributed by atoms with E-state index in [0.29, 0.717) is 6.42 Å². The van der Waals surface area contributed by atoms with Crippen LogP contribution in [0.2, 0.25) is 0 Å². The molecule has 0 amide bonds. The van der Waals surface area contributed by atoms with Crippen LogP contribution in [0.25, 0.3) is 0 Å². The number of alkyl halides is 1. The van der Waals surface area contributed by atoms with Crippen LogP contribution < -0.4 is 0 Å². The maximum Gasteiger partial charge on any atom is 0.311 e. The molecule has 13 nitrogen and oxygen atoms in total. The summed E-state index contributed by atoms with van der Waals surface area (Å²) >= 11 is 0. The lowest BCUT2D eigenvalue weighted by Gasteiger charge is -2.49. The van der Waals surface area contributed by atoms with Gasteiger partial charge in [0.2, 0.25) is 0 Å². The second-order valence-electron chi connectivity index (χ2n) is 16.3. The van der Waals surface area contributed by atoms with Crippen LogP contribution in [0.5, 0.6) is 0 Å². The van der Waals surface area contributed by atoms with E-state index in [1.54, 1.807) is 48.5 Å². The normalized spacial score (nSPS) is 48.3. The fourth-order valence-corrected chi connectivity index (χ4v) is 8.33. The third-order valence-electron chi connectivity index (χ3n) is 11.8. The predicted octanol–water partition coefficient (Wildman–Crippen LogP) is 2.62.